The molecule has 1 fully saturated rings. The summed E-state index contributed by atoms with van der Waals surface area (Å²) in [5.74, 6) is 0.0735. The lowest BCUT2D eigenvalue weighted by Gasteiger charge is -2.19. The fourth-order valence-electron chi connectivity index (χ4n) is 4.96. The summed E-state index contributed by atoms with van der Waals surface area (Å²) in [7, 11) is -3.11. The molecule has 3 heterocycles. The van der Waals surface area contributed by atoms with Gasteiger partial charge in [0.05, 0.1) is 17.1 Å². The zero-order chi connectivity index (χ0) is 24.2. The van der Waals surface area contributed by atoms with Gasteiger partial charge in [0.25, 0.3) is 11.8 Å². The molecule has 1 aliphatic heterocycles. The minimum Gasteiger partial charge on any atom is -0.451 e. The van der Waals surface area contributed by atoms with Gasteiger partial charge in [0.1, 0.15) is 10.6 Å². The molecule has 34 heavy (non-hydrogen) atoms. The topological polar surface area (TPSA) is 105 Å². The fourth-order valence-corrected chi connectivity index (χ4v) is 8.03. The summed E-state index contributed by atoms with van der Waals surface area (Å²) in [5, 5.41) is 7.24. The van der Waals surface area contributed by atoms with Crippen LogP contribution in [0, 0.1) is 19.8 Å². The molecule has 0 radical (unpaired) electrons. The number of sulfone groups is 1. The Morgan fingerprint density at radius 1 is 1.15 bits per heavy atom. The highest BCUT2D eigenvalue weighted by Gasteiger charge is 2.33. The zero-order valence-electron chi connectivity index (χ0n) is 19.5. The van der Waals surface area contributed by atoms with Crippen molar-refractivity contribution < 1.29 is 22.4 Å². The van der Waals surface area contributed by atoms with E-state index in [9.17, 15) is 18.0 Å². The van der Waals surface area contributed by atoms with Crippen LogP contribution in [0.2, 0.25) is 0 Å². The number of hydrogen-bond donors (Lipinski definition) is 2. The van der Waals surface area contributed by atoms with Gasteiger partial charge >= 0.3 is 0 Å². The van der Waals surface area contributed by atoms with Crippen LogP contribution in [0.3, 0.4) is 0 Å². The lowest BCUT2D eigenvalue weighted by Crippen LogP contribution is -2.36. The SMILES string of the molecule is Cc1ccc2oc(C(=O)Nc3sc4c(c3C(=O)N[C@H]3CCS(=O)(=O)C3)CC[C@@H](C)C4)c(C)c2c1. The van der Waals surface area contributed by atoms with Gasteiger partial charge < -0.3 is 15.1 Å². The predicted octanol–water partition coefficient (Wildman–Crippen LogP) is 4.41. The fraction of sp³-hybridized carbons (Fsp3) is 0.440. The van der Waals surface area contributed by atoms with Gasteiger partial charge in [-0.05, 0) is 63.1 Å². The van der Waals surface area contributed by atoms with E-state index < -0.39 is 21.8 Å². The number of rotatable bonds is 4. The van der Waals surface area contributed by atoms with Crippen molar-refractivity contribution >= 4 is 49.0 Å². The Bertz CT molecular complexity index is 1420. The first-order chi connectivity index (χ1) is 16.1. The molecule has 3 aromatic rings. The number of carbonyl (C=O) groups excluding carboxylic acids is 2. The third kappa shape index (κ3) is 4.27. The van der Waals surface area contributed by atoms with E-state index in [0.717, 1.165) is 46.2 Å². The summed E-state index contributed by atoms with van der Waals surface area (Å²) in [4.78, 5) is 27.7. The number of hydrogen-bond acceptors (Lipinski definition) is 6. The van der Waals surface area contributed by atoms with E-state index in [-0.39, 0.29) is 23.2 Å². The van der Waals surface area contributed by atoms with Crippen LogP contribution in [0.5, 0.6) is 0 Å². The first-order valence-corrected chi connectivity index (χ1v) is 14.2. The van der Waals surface area contributed by atoms with Crippen molar-refractivity contribution in [1.29, 1.82) is 0 Å². The summed E-state index contributed by atoms with van der Waals surface area (Å²) in [5.41, 5.74) is 3.92. The van der Waals surface area contributed by atoms with E-state index in [1.165, 1.54) is 11.3 Å². The first kappa shape index (κ1) is 23.1. The first-order valence-electron chi connectivity index (χ1n) is 11.6. The van der Waals surface area contributed by atoms with Gasteiger partial charge in [-0.15, -0.1) is 11.3 Å². The van der Waals surface area contributed by atoms with Crippen LogP contribution in [0.4, 0.5) is 5.00 Å². The van der Waals surface area contributed by atoms with Crippen LogP contribution >= 0.6 is 11.3 Å². The molecular weight excluding hydrogens is 472 g/mol. The quantitative estimate of drug-likeness (QED) is 0.552. The molecule has 0 spiro atoms. The van der Waals surface area contributed by atoms with E-state index in [4.69, 9.17) is 4.42 Å². The molecule has 7 nitrogen and oxygen atoms in total. The summed E-state index contributed by atoms with van der Waals surface area (Å²) >= 11 is 1.44. The molecule has 0 saturated carbocycles. The largest absolute Gasteiger partial charge is 0.451 e. The minimum absolute atomic E-state index is 0.0403. The van der Waals surface area contributed by atoms with E-state index in [1.807, 2.05) is 32.0 Å². The Labute approximate surface area is 202 Å². The molecule has 0 bridgehead atoms. The molecule has 2 atom stereocenters. The molecular formula is C25H28N2O5S2. The molecule has 2 aromatic heterocycles. The molecule has 2 aliphatic rings. The van der Waals surface area contributed by atoms with Crippen molar-refractivity contribution in [2.24, 2.45) is 5.92 Å². The van der Waals surface area contributed by atoms with Crippen molar-refractivity contribution in [2.45, 2.75) is 52.5 Å². The Balaban J connectivity index is 1.47. The minimum atomic E-state index is -3.11. The van der Waals surface area contributed by atoms with Gasteiger partial charge in [-0.2, -0.15) is 0 Å². The lowest BCUT2D eigenvalue weighted by atomic mass is 9.88. The standard InChI is InChI=1S/C25H28N2O5S2/c1-13-5-7-19-18(10-13)15(3)22(32-19)24(29)27-25-21(17-6-4-14(2)11-20(17)33-25)23(28)26-16-8-9-34(30,31)12-16/h5,7,10,14,16H,4,6,8-9,11-12H2,1-3H3,(H,26,28)(H,27,29)/t14-,16+/m1/s1. The number of anilines is 1. The molecule has 2 amide bonds. The normalized spacial score (nSPS) is 21.4. The average molecular weight is 501 g/mol. The predicted molar refractivity (Wildman–Crippen MR) is 134 cm³/mol. The highest BCUT2D eigenvalue weighted by atomic mass is 32.2. The van der Waals surface area contributed by atoms with Crippen molar-refractivity contribution in [2.75, 3.05) is 16.8 Å². The summed E-state index contributed by atoms with van der Waals surface area (Å²) in [6.07, 6.45) is 3.00. The van der Waals surface area contributed by atoms with E-state index in [0.29, 0.717) is 28.5 Å². The number of aryl methyl sites for hydroxylation is 2. The number of amides is 2. The zero-order valence-corrected chi connectivity index (χ0v) is 21.1. The summed E-state index contributed by atoms with van der Waals surface area (Å²) < 4.78 is 29.6. The Hall–Kier alpha value is -2.65. The van der Waals surface area contributed by atoms with Crippen LogP contribution in [0.1, 0.15) is 62.2 Å². The van der Waals surface area contributed by atoms with Crippen molar-refractivity contribution in [1.82, 2.24) is 5.32 Å². The van der Waals surface area contributed by atoms with Crippen molar-refractivity contribution in [3.63, 3.8) is 0 Å². The second-order valence-electron chi connectivity index (χ2n) is 9.64. The maximum atomic E-state index is 13.3. The van der Waals surface area contributed by atoms with Gasteiger partial charge in [-0.1, -0.05) is 18.6 Å². The number of nitrogens with one attached hydrogen (secondary N) is 2. The second-order valence-corrected chi connectivity index (χ2v) is 13.0. The van der Waals surface area contributed by atoms with Crippen LogP contribution in [0.25, 0.3) is 11.0 Å². The van der Waals surface area contributed by atoms with Gasteiger partial charge in [0, 0.05) is 21.9 Å². The van der Waals surface area contributed by atoms with E-state index in [2.05, 4.69) is 17.6 Å². The molecule has 9 heteroatoms. The number of carbonyl (C=O) groups is 2. The van der Waals surface area contributed by atoms with Crippen molar-refractivity contribution in [3.8, 4) is 0 Å². The highest BCUT2D eigenvalue weighted by molar-refractivity contribution is 7.91. The van der Waals surface area contributed by atoms with Crippen LogP contribution < -0.4 is 10.6 Å². The van der Waals surface area contributed by atoms with Crippen LogP contribution in [-0.4, -0.2) is 37.8 Å². The maximum absolute atomic E-state index is 13.3. The van der Waals surface area contributed by atoms with Gasteiger partial charge in [0.15, 0.2) is 15.6 Å². The maximum Gasteiger partial charge on any atom is 0.292 e. The Morgan fingerprint density at radius 3 is 2.68 bits per heavy atom. The monoisotopic (exact) mass is 500 g/mol. The molecule has 2 N–H and O–H groups in total. The number of benzene rings is 1. The molecule has 1 aliphatic carbocycles. The average Bonchev–Trinajstić information content (AvgIpc) is 3.40. The number of fused-ring (bicyclic) bond motifs is 2. The molecule has 5 rings (SSSR count). The van der Waals surface area contributed by atoms with E-state index in [1.54, 1.807) is 0 Å². The number of furan rings is 1. The van der Waals surface area contributed by atoms with Gasteiger partial charge in [-0.3, -0.25) is 9.59 Å². The van der Waals surface area contributed by atoms with Gasteiger partial charge in [0.2, 0.25) is 0 Å². The molecule has 1 aromatic carbocycles. The third-order valence-electron chi connectivity index (χ3n) is 6.83. The van der Waals surface area contributed by atoms with Crippen LogP contribution in [0.15, 0.2) is 22.6 Å². The molecule has 0 unspecified atom stereocenters. The van der Waals surface area contributed by atoms with E-state index >= 15 is 0 Å². The lowest BCUT2D eigenvalue weighted by molar-refractivity contribution is 0.0941. The summed E-state index contributed by atoms with van der Waals surface area (Å²) in [6, 6.07) is 5.38. The molecule has 180 valence electrons. The van der Waals surface area contributed by atoms with Gasteiger partial charge in [-0.25, -0.2) is 8.42 Å². The highest BCUT2D eigenvalue weighted by Crippen LogP contribution is 2.40. The third-order valence-corrected chi connectivity index (χ3v) is 9.77. The Morgan fingerprint density at radius 2 is 1.94 bits per heavy atom. The Kier molecular flexibility index (Phi) is 5.80. The smallest absolute Gasteiger partial charge is 0.292 e. The summed E-state index contributed by atoms with van der Waals surface area (Å²) in [6.45, 7) is 6.03. The van der Waals surface area contributed by atoms with Crippen LogP contribution in [-0.2, 0) is 22.7 Å². The molecule has 1 saturated heterocycles. The second kappa shape index (κ2) is 8.53. The van der Waals surface area contributed by atoms with Crippen molar-refractivity contribution in [3.05, 3.63) is 51.1 Å². The number of thiophene rings is 1.